The van der Waals surface area contributed by atoms with Crippen molar-refractivity contribution in [2.24, 2.45) is 0 Å². The first kappa shape index (κ1) is 18.7. The Balaban J connectivity index is 1.65. The zero-order valence-corrected chi connectivity index (χ0v) is 16.1. The van der Waals surface area contributed by atoms with E-state index < -0.39 is 0 Å². The molecule has 26 heavy (non-hydrogen) atoms. The molecular weight excluding hydrogens is 346 g/mol. The van der Waals surface area contributed by atoms with Gasteiger partial charge in [0, 0.05) is 13.1 Å². The number of hydrogen-bond donors (Lipinski definition) is 1. The zero-order chi connectivity index (χ0) is 18.2. The van der Waals surface area contributed by atoms with Gasteiger partial charge in [-0.3, -0.25) is 0 Å². The van der Waals surface area contributed by atoms with E-state index in [0.29, 0.717) is 11.7 Å². The fourth-order valence-corrected chi connectivity index (χ4v) is 3.50. The molecule has 0 atom stereocenters. The van der Waals surface area contributed by atoms with Crippen molar-refractivity contribution in [3.63, 3.8) is 0 Å². The average Bonchev–Trinajstić information content (AvgIpc) is 3.19. The van der Waals surface area contributed by atoms with E-state index in [9.17, 15) is 0 Å². The van der Waals surface area contributed by atoms with Crippen LogP contribution >= 0.6 is 12.2 Å². The summed E-state index contributed by atoms with van der Waals surface area (Å²) in [5, 5.41) is 4.02. The predicted molar refractivity (Wildman–Crippen MR) is 109 cm³/mol. The number of para-hydroxylation sites is 2. The lowest BCUT2D eigenvalue weighted by atomic mass is 10.1. The van der Waals surface area contributed by atoms with Crippen molar-refractivity contribution in [2.75, 3.05) is 38.6 Å². The van der Waals surface area contributed by atoms with Crippen molar-refractivity contribution in [1.29, 1.82) is 0 Å². The van der Waals surface area contributed by atoms with Crippen LogP contribution in [-0.2, 0) is 6.54 Å². The molecular formula is C20H27N3O2S. The Morgan fingerprint density at radius 3 is 2.73 bits per heavy atom. The number of ether oxygens (including phenoxy) is 1. The summed E-state index contributed by atoms with van der Waals surface area (Å²) in [6, 6.07) is 11.7. The smallest absolute Gasteiger partial charge is 0.173 e. The molecule has 5 nitrogen and oxygen atoms in total. The molecule has 1 fully saturated rings. The van der Waals surface area contributed by atoms with Gasteiger partial charge in [0.2, 0.25) is 0 Å². The van der Waals surface area contributed by atoms with Crippen LogP contribution in [-0.4, -0.2) is 48.2 Å². The molecule has 0 amide bonds. The summed E-state index contributed by atoms with van der Waals surface area (Å²) in [6.07, 6.45) is 5.64. The minimum Gasteiger partial charge on any atom is -0.495 e. The predicted octanol–water partition coefficient (Wildman–Crippen LogP) is 3.97. The molecule has 0 aliphatic carbocycles. The number of thiocarbonyl (C=S) groups is 1. The van der Waals surface area contributed by atoms with E-state index >= 15 is 0 Å². The summed E-state index contributed by atoms with van der Waals surface area (Å²) < 4.78 is 11.0. The number of benzene rings is 1. The fraction of sp³-hybridized carbons (Fsp3) is 0.450. The number of methoxy groups -OCH3 is 1. The Morgan fingerprint density at radius 1 is 1.19 bits per heavy atom. The maximum Gasteiger partial charge on any atom is 0.173 e. The molecule has 0 unspecified atom stereocenters. The Labute approximate surface area is 160 Å². The quantitative estimate of drug-likeness (QED) is 0.741. The fourth-order valence-electron chi connectivity index (χ4n) is 3.23. The molecule has 1 saturated heterocycles. The van der Waals surface area contributed by atoms with Gasteiger partial charge in [-0.2, -0.15) is 0 Å². The Bertz CT molecular complexity index is 684. The van der Waals surface area contributed by atoms with Crippen LogP contribution in [0, 0.1) is 0 Å². The first-order valence-corrected chi connectivity index (χ1v) is 9.61. The summed E-state index contributed by atoms with van der Waals surface area (Å²) in [6.45, 7) is 4.89. The highest BCUT2D eigenvalue weighted by Crippen LogP contribution is 2.23. The van der Waals surface area contributed by atoms with Gasteiger partial charge in [-0.15, -0.1) is 0 Å². The van der Waals surface area contributed by atoms with E-state index in [1.165, 1.54) is 32.4 Å². The Morgan fingerprint density at radius 2 is 2.00 bits per heavy atom. The van der Waals surface area contributed by atoms with Gasteiger partial charge in [-0.25, -0.2) is 0 Å². The lowest BCUT2D eigenvalue weighted by Crippen LogP contribution is -2.41. The normalized spacial score (nSPS) is 14.8. The number of nitrogens with zero attached hydrogens (tertiary/aromatic N) is 2. The van der Waals surface area contributed by atoms with Crippen LogP contribution in [0.5, 0.6) is 5.75 Å². The molecule has 0 radical (unpaired) electrons. The van der Waals surface area contributed by atoms with Crippen LogP contribution < -0.4 is 10.1 Å². The second-order valence-corrected chi connectivity index (χ2v) is 6.92. The second-order valence-electron chi connectivity index (χ2n) is 6.53. The van der Waals surface area contributed by atoms with Gasteiger partial charge in [0.15, 0.2) is 5.11 Å². The highest BCUT2D eigenvalue weighted by Gasteiger charge is 2.16. The third-order valence-electron chi connectivity index (χ3n) is 4.70. The average molecular weight is 374 g/mol. The molecule has 1 aromatic heterocycles. The molecule has 1 N–H and O–H groups in total. The molecule has 2 heterocycles. The summed E-state index contributed by atoms with van der Waals surface area (Å²) in [5.41, 5.74) is 0.877. The standard InChI is InChI=1S/C20H27N3O2S/c1-24-19-10-4-3-9-18(19)21-20(26)23(16-17-8-7-15-25-17)14-13-22-11-5-2-6-12-22/h3-4,7-10,15H,2,5-6,11-14,16H2,1H3,(H,21,26). The highest BCUT2D eigenvalue weighted by atomic mass is 32.1. The van der Waals surface area contributed by atoms with Crippen LogP contribution in [0.1, 0.15) is 25.0 Å². The first-order valence-electron chi connectivity index (χ1n) is 9.20. The number of hydrogen-bond acceptors (Lipinski definition) is 4. The van der Waals surface area contributed by atoms with Crippen molar-refractivity contribution in [3.05, 3.63) is 48.4 Å². The summed E-state index contributed by atoms with van der Waals surface area (Å²) >= 11 is 5.70. The second kappa shape index (κ2) is 9.59. The molecule has 1 aliphatic rings. The Hall–Kier alpha value is -2.05. The monoisotopic (exact) mass is 373 g/mol. The highest BCUT2D eigenvalue weighted by molar-refractivity contribution is 7.80. The summed E-state index contributed by atoms with van der Waals surface area (Å²) in [4.78, 5) is 4.68. The largest absolute Gasteiger partial charge is 0.495 e. The lowest BCUT2D eigenvalue weighted by Gasteiger charge is -2.31. The van der Waals surface area contributed by atoms with Crippen LogP contribution in [0.4, 0.5) is 5.69 Å². The van der Waals surface area contributed by atoms with Gasteiger partial charge in [0.1, 0.15) is 11.5 Å². The van der Waals surface area contributed by atoms with Crippen molar-refractivity contribution >= 4 is 23.0 Å². The topological polar surface area (TPSA) is 40.9 Å². The van der Waals surface area contributed by atoms with Crippen LogP contribution in [0.25, 0.3) is 0 Å². The van der Waals surface area contributed by atoms with Gasteiger partial charge in [-0.05, 0) is 62.4 Å². The summed E-state index contributed by atoms with van der Waals surface area (Å²) in [7, 11) is 1.67. The lowest BCUT2D eigenvalue weighted by molar-refractivity contribution is 0.207. The van der Waals surface area contributed by atoms with Crippen molar-refractivity contribution in [3.8, 4) is 5.75 Å². The molecule has 0 saturated carbocycles. The molecule has 1 aromatic carbocycles. The number of rotatable bonds is 7. The van der Waals surface area contributed by atoms with Gasteiger partial charge < -0.3 is 24.3 Å². The van der Waals surface area contributed by atoms with Crippen molar-refractivity contribution in [2.45, 2.75) is 25.8 Å². The van der Waals surface area contributed by atoms with Gasteiger partial charge >= 0.3 is 0 Å². The van der Waals surface area contributed by atoms with E-state index in [4.69, 9.17) is 21.4 Å². The zero-order valence-electron chi connectivity index (χ0n) is 15.3. The number of furan rings is 1. The molecule has 3 rings (SSSR count). The van der Waals surface area contributed by atoms with E-state index in [1.807, 2.05) is 36.4 Å². The number of nitrogens with one attached hydrogen (secondary N) is 1. The molecule has 0 spiro atoms. The summed E-state index contributed by atoms with van der Waals surface area (Å²) in [5.74, 6) is 1.69. The first-order chi connectivity index (χ1) is 12.8. The number of anilines is 1. The van der Waals surface area contributed by atoms with E-state index in [0.717, 1.165) is 30.3 Å². The molecule has 1 aliphatic heterocycles. The van der Waals surface area contributed by atoms with Gasteiger partial charge in [-0.1, -0.05) is 18.6 Å². The molecule has 0 bridgehead atoms. The van der Waals surface area contributed by atoms with Gasteiger partial charge in [0.05, 0.1) is 25.6 Å². The van der Waals surface area contributed by atoms with Crippen molar-refractivity contribution in [1.82, 2.24) is 9.80 Å². The van der Waals surface area contributed by atoms with Crippen LogP contribution in [0.15, 0.2) is 47.1 Å². The molecule has 2 aromatic rings. The maximum absolute atomic E-state index is 5.70. The van der Waals surface area contributed by atoms with Gasteiger partial charge in [0.25, 0.3) is 0 Å². The third-order valence-corrected chi connectivity index (χ3v) is 5.06. The SMILES string of the molecule is COc1ccccc1NC(=S)N(CCN1CCCCC1)Cc1ccco1. The number of likely N-dealkylation sites (tertiary alicyclic amines) is 1. The van der Waals surface area contributed by atoms with E-state index in [2.05, 4.69) is 15.1 Å². The van der Waals surface area contributed by atoms with E-state index in [1.54, 1.807) is 13.4 Å². The van der Waals surface area contributed by atoms with E-state index in [-0.39, 0.29) is 0 Å². The Kier molecular flexibility index (Phi) is 6.91. The third kappa shape index (κ3) is 5.22. The molecule has 6 heteroatoms. The number of piperidine rings is 1. The van der Waals surface area contributed by atoms with Crippen LogP contribution in [0.2, 0.25) is 0 Å². The minimum atomic E-state index is 0.655. The maximum atomic E-state index is 5.70. The minimum absolute atomic E-state index is 0.655. The van der Waals surface area contributed by atoms with Crippen molar-refractivity contribution < 1.29 is 9.15 Å². The molecule has 140 valence electrons. The van der Waals surface area contributed by atoms with Crippen LogP contribution in [0.3, 0.4) is 0 Å².